The van der Waals surface area contributed by atoms with Crippen molar-refractivity contribution in [1.82, 2.24) is 4.98 Å². The molecule has 0 spiro atoms. The van der Waals surface area contributed by atoms with E-state index in [2.05, 4.69) is 24.9 Å². The first-order valence-electron chi connectivity index (χ1n) is 6.06. The van der Waals surface area contributed by atoms with Crippen molar-refractivity contribution in [3.63, 3.8) is 0 Å². The van der Waals surface area contributed by atoms with Gasteiger partial charge in [-0.25, -0.2) is 9.78 Å². The number of aromatic nitrogens is 1. The number of hydrogen-bond acceptors (Lipinski definition) is 5. The molecular weight excluding hydrogens is 244 g/mol. The number of nitrogen functional groups attached to an aromatic ring is 1. The van der Waals surface area contributed by atoms with Crippen LogP contribution in [0.4, 0.5) is 11.5 Å². The molecule has 0 amide bonds. The summed E-state index contributed by atoms with van der Waals surface area (Å²) in [5, 5.41) is 17.5. The molecular formula is C13H18N4O2. The first-order valence-corrected chi connectivity index (χ1v) is 6.06. The fourth-order valence-corrected chi connectivity index (χ4v) is 1.77. The van der Waals surface area contributed by atoms with Gasteiger partial charge in [-0.05, 0) is 12.0 Å². The number of aromatic carboxylic acids is 1. The zero-order valence-corrected chi connectivity index (χ0v) is 11.1. The molecule has 6 heteroatoms. The van der Waals surface area contributed by atoms with Crippen LogP contribution in [0.25, 0.3) is 0 Å². The summed E-state index contributed by atoms with van der Waals surface area (Å²) in [6, 6.07) is 3.48. The lowest BCUT2D eigenvalue weighted by atomic mass is 10.2. The zero-order chi connectivity index (χ0) is 14.4. The number of carbonyl (C=O) groups is 1. The number of rotatable bonds is 6. The Kier molecular flexibility index (Phi) is 5.12. The lowest BCUT2D eigenvalue weighted by Crippen LogP contribution is -2.30. The van der Waals surface area contributed by atoms with Crippen molar-refractivity contribution in [3.8, 4) is 6.07 Å². The van der Waals surface area contributed by atoms with E-state index in [-0.39, 0.29) is 5.56 Å². The Balaban J connectivity index is 3.01. The molecule has 0 saturated carbocycles. The topological polar surface area (TPSA) is 103 Å². The zero-order valence-electron chi connectivity index (χ0n) is 11.1. The Morgan fingerprint density at radius 2 is 2.32 bits per heavy atom. The lowest BCUT2D eigenvalue weighted by Gasteiger charge is -2.25. The minimum absolute atomic E-state index is 0.0611. The summed E-state index contributed by atoms with van der Waals surface area (Å²) in [6.45, 7) is 5.35. The van der Waals surface area contributed by atoms with Crippen LogP contribution >= 0.6 is 0 Å². The number of carboxylic acids is 1. The van der Waals surface area contributed by atoms with E-state index in [0.29, 0.717) is 36.9 Å². The van der Waals surface area contributed by atoms with Gasteiger partial charge in [0.05, 0.1) is 23.7 Å². The van der Waals surface area contributed by atoms with Crippen molar-refractivity contribution >= 4 is 17.5 Å². The summed E-state index contributed by atoms with van der Waals surface area (Å²) in [5.74, 6) is -0.133. The molecule has 0 bridgehead atoms. The summed E-state index contributed by atoms with van der Waals surface area (Å²) in [4.78, 5) is 16.9. The Morgan fingerprint density at radius 1 is 1.63 bits per heavy atom. The van der Waals surface area contributed by atoms with Crippen LogP contribution in [0.3, 0.4) is 0 Å². The van der Waals surface area contributed by atoms with Gasteiger partial charge < -0.3 is 15.7 Å². The lowest BCUT2D eigenvalue weighted by molar-refractivity contribution is 0.0696. The van der Waals surface area contributed by atoms with Crippen molar-refractivity contribution in [1.29, 1.82) is 5.26 Å². The molecule has 1 rings (SSSR count). The number of nitriles is 1. The van der Waals surface area contributed by atoms with Gasteiger partial charge in [-0.2, -0.15) is 5.26 Å². The van der Waals surface area contributed by atoms with E-state index in [1.807, 2.05) is 4.90 Å². The fourth-order valence-electron chi connectivity index (χ4n) is 1.77. The van der Waals surface area contributed by atoms with Gasteiger partial charge in [-0.1, -0.05) is 13.8 Å². The van der Waals surface area contributed by atoms with Crippen LogP contribution in [-0.4, -0.2) is 29.1 Å². The number of pyridine rings is 1. The molecule has 6 nitrogen and oxygen atoms in total. The minimum Gasteiger partial charge on any atom is -0.478 e. The van der Waals surface area contributed by atoms with Gasteiger partial charge in [0.1, 0.15) is 0 Å². The van der Waals surface area contributed by atoms with Crippen LogP contribution in [0, 0.1) is 17.2 Å². The Bertz CT molecular complexity index is 494. The van der Waals surface area contributed by atoms with Crippen molar-refractivity contribution in [2.75, 3.05) is 23.7 Å². The van der Waals surface area contributed by atoms with E-state index >= 15 is 0 Å². The molecule has 19 heavy (non-hydrogen) atoms. The number of anilines is 2. The monoisotopic (exact) mass is 262 g/mol. The van der Waals surface area contributed by atoms with Gasteiger partial charge in [-0.15, -0.1) is 0 Å². The second kappa shape index (κ2) is 6.59. The van der Waals surface area contributed by atoms with Crippen molar-refractivity contribution in [2.45, 2.75) is 20.3 Å². The molecule has 0 unspecified atom stereocenters. The minimum atomic E-state index is -1.06. The normalized spacial score (nSPS) is 10.2. The predicted molar refractivity (Wildman–Crippen MR) is 72.9 cm³/mol. The average Bonchev–Trinajstić information content (AvgIpc) is 2.34. The summed E-state index contributed by atoms with van der Waals surface area (Å²) in [7, 11) is 0. The van der Waals surface area contributed by atoms with E-state index in [4.69, 9.17) is 16.1 Å². The predicted octanol–water partition coefficient (Wildman–Crippen LogP) is 1.74. The third kappa shape index (κ3) is 4.14. The number of carboxylic acid groups (broad SMARTS) is 1. The third-order valence-electron chi connectivity index (χ3n) is 2.52. The van der Waals surface area contributed by atoms with E-state index in [9.17, 15) is 4.79 Å². The van der Waals surface area contributed by atoms with Gasteiger partial charge in [-0.3, -0.25) is 0 Å². The molecule has 0 aliphatic rings. The number of hydrogen-bond donors (Lipinski definition) is 2. The molecule has 0 radical (unpaired) electrons. The van der Waals surface area contributed by atoms with Crippen LogP contribution in [0.15, 0.2) is 12.3 Å². The summed E-state index contributed by atoms with van der Waals surface area (Å²) in [5.41, 5.74) is 6.24. The van der Waals surface area contributed by atoms with Crippen LogP contribution in [0.5, 0.6) is 0 Å². The van der Waals surface area contributed by atoms with E-state index in [1.54, 1.807) is 0 Å². The molecule has 102 valence electrons. The molecule has 1 heterocycles. The van der Waals surface area contributed by atoms with Gasteiger partial charge >= 0.3 is 5.97 Å². The second-order valence-electron chi connectivity index (χ2n) is 4.69. The second-order valence-corrected chi connectivity index (χ2v) is 4.69. The van der Waals surface area contributed by atoms with E-state index in [1.165, 1.54) is 12.3 Å². The molecule has 0 saturated heterocycles. The largest absolute Gasteiger partial charge is 0.478 e. The maximum Gasteiger partial charge on any atom is 0.337 e. The van der Waals surface area contributed by atoms with Crippen LogP contribution < -0.4 is 10.6 Å². The van der Waals surface area contributed by atoms with Gasteiger partial charge in [0.25, 0.3) is 0 Å². The van der Waals surface area contributed by atoms with Crippen molar-refractivity contribution in [2.24, 2.45) is 5.92 Å². The first kappa shape index (κ1) is 14.8. The van der Waals surface area contributed by atoms with Gasteiger partial charge in [0.15, 0.2) is 5.82 Å². The molecule has 0 fully saturated rings. The Hall–Kier alpha value is -2.29. The number of nitrogens with zero attached hydrogens (tertiary/aromatic N) is 3. The van der Waals surface area contributed by atoms with Crippen LogP contribution in [0.2, 0.25) is 0 Å². The summed E-state index contributed by atoms with van der Waals surface area (Å²) >= 11 is 0. The van der Waals surface area contributed by atoms with Gasteiger partial charge in [0.2, 0.25) is 0 Å². The SMILES string of the molecule is CC(C)CN(CCC#N)c1ncc(C(=O)O)cc1N. The molecule has 0 aliphatic carbocycles. The summed E-state index contributed by atoms with van der Waals surface area (Å²) in [6.07, 6.45) is 1.66. The smallest absolute Gasteiger partial charge is 0.337 e. The fraction of sp³-hybridized carbons (Fsp3) is 0.462. The van der Waals surface area contributed by atoms with Crippen molar-refractivity contribution < 1.29 is 9.90 Å². The molecule has 0 atom stereocenters. The van der Waals surface area contributed by atoms with E-state index in [0.717, 1.165) is 0 Å². The molecule has 0 aliphatic heterocycles. The highest BCUT2D eigenvalue weighted by Gasteiger charge is 2.15. The Morgan fingerprint density at radius 3 is 2.79 bits per heavy atom. The first-order chi connectivity index (χ1) is 8.95. The molecule has 1 aromatic rings. The summed E-state index contributed by atoms with van der Waals surface area (Å²) < 4.78 is 0. The molecule has 0 aromatic carbocycles. The highest BCUT2D eigenvalue weighted by molar-refractivity contribution is 5.89. The molecule has 1 aromatic heterocycles. The number of nitrogens with two attached hydrogens (primary N) is 1. The standard InChI is InChI=1S/C13H18N4O2/c1-9(2)8-17(5-3-4-14)12-11(15)6-10(7-16-12)13(18)19/h6-7,9H,3,5,8,15H2,1-2H3,(H,18,19). The maximum absolute atomic E-state index is 10.8. The van der Waals surface area contributed by atoms with Crippen LogP contribution in [0.1, 0.15) is 30.6 Å². The highest BCUT2D eigenvalue weighted by Crippen LogP contribution is 2.22. The quantitative estimate of drug-likeness (QED) is 0.809. The maximum atomic E-state index is 10.8. The highest BCUT2D eigenvalue weighted by atomic mass is 16.4. The molecule has 3 N–H and O–H groups in total. The van der Waals surface area contributed by atoms with E-state index < -0.39 is 5.97 Å². The van der Waals surface area contributed by atoms with Gasteiger partial charge in [0, 0.05) is 19.3 Å². The average molecular weight is 262 g/mol. The third-order valence-corrected chi connectivity index (χ3v) is 2.52. The Labute approximate surface area is 112 Å². The van der Waals surface area contributed by atoms with Crippen molar-refractivity contribution in [3.05, 3.63) is 17.8 Å². The van der Waals surface area contributed by atoms with Crippen LogP contribution in [-0.2, 0) is 0 Å².